The van der Waals surface area contributed by atoms with Crippen molar-refractivity contribution in [1.29, 1.82) is 0 Å². The van der Waals surface area contributed by atoms with Gasteiger partial charge < -0.3 is 0 Å². The van der Waals surface area contributed by atoms with Crippen molar-refractivity contribution in [2.45, 2.75) is 5.33 Å². The van der Waals surface area contributed by atoms with Gasteiger partial charge in [0.05, 0.1) is 11.2 Å². The highest BCUT2D eigenvalue weighted by Crippen LogP contribution is 2.15. The van der Waals surface area contributed by atoms with Crippen LogP contribution in [0.15, 0.2) is 30.3 Å². The molecule has 0 atom stereocenters. The summed E-state index contributed by atoms with van der Waals surface area (Å²) in [6.45, 7) is 0. The molecule has 2 rings (SSSR count). The minimum absolute atomic E-state index is 0.221. The molecule has 0 aliphatic carbocycles. The Labute approximate surface area is 83.7 Å². The van der Waals surface area contributed by atoms with Crippen LogP contribution >= 0.6 is 15.9 Å². The molecule has 3 heteroatoms. The van der Waals surface area contributed by atoms with Gasteiger partial charge in [0, 0.05) is 10.7 Å². The number of pyridine rings is 1. The van der Waals surface area contributed by atoms with Gasteiger partial charge in [0.25, 0.3) is 0 Å². The fourth-order valence-electron chi connectivity index (χ4n) is 1.21. The monoisotopic (exact) mass is 239 g/mol. The van der Waals surface area contributed by atoms with Crippen molar-refractivity contribution in [3.63, 3.8) is 0 Å². The largest absolute Gasteiger partial charge is 0.252 e. The number of nitrogens with zero attached hydrogens (tertiary/aromatic N) is 1. The lowest BCUT2D eigenvalue weighted by Crippen LogP contribution is -1.86. The average molecular weight is 240 g/mol. The summed E-state index contributed by atoms with van der Waals surface area (Å²) in [7, 11) is 0. The molecule has 0 fully saturated rings. The normalized spacial score (nSPS) is 10.6. The van der Waals surface area contributed by atoms with E-state index in [9.17, 15) is 4.39 Å². The standard InChI is InChI=1S/C10H7BrFN/c11-6-9-3-1-7-5-8(12)2-4-10(7)13-9/h1-5H,6H2. The van der Waals surface area contributed by atoms with Crippen molar-refractivity contribution in [2.24, 2.45) is 0 Å². The summed E-state index contributed by atoms with van der Waals surface area (Å²) in [4.78, 5) is 4.32. The molecular weight excluding hydrogens is 233 g/mol. The molecule has 13 heavy (non-hydrogen) atoms. The maximum atomic E-state index is 12.8. The van der Waals surface area contributed by atoms with E-state index in [2.05, 4.69) is 20.9 Å². The van der Waals surface area contributed by atoms with Crippen molar-refractivity contribution in [1.82, 2.24) is 4.98 Å². The van der Waals surface area contributed by atoms with Crippen molar-refractivity contribution < 1.29 is 4.39 Å². The van der Waals surface area contributed by atoms with Gasteiger partial charge in [-0.2, -0.15) is 0 Å². The lowest BCUT2D eigenvalue weighted by molar-refractivity contribution is 0.629. The van der Waals surface area contributed by atoms with Gasteiger partial charge in [-0.15, -0.1) is 0 Å². The van der Waals surface area contributed by atoms with E-state index in [0.717, 1.165) is 21.9 Å². The molecule has 2 aromatic rings. The lowest BCUT2D eigenvalue weighted by Gasteiger charge is -1.99. The third-order valence-electron chi connectivity index (χ3n) is 1.85. The quantitative estimate of drug-likeness (QED) is 0.697. The van der Waals surface area contributed by atoms with Crippen LogP contribution in [0.4, 0.5) is 4.39 Å². The molecule has 0 bridgehead atoms. The summed E-state index contributed by atoms with van der Waals surface area (Å²) in [6.07, 6.45) is 0. The van der Waals surface area contributed by atoms with Gasteiger partial charge in [-0.3, -0.25) is 4.98 Å². The summed E-state index contributed by atoms with van der Waals surface area (Å²) in [5.41, 5.74) is 1.79. The van der Waals surface area contributed by atoms with Gasteiger partial charge in [0.1, 0.15) is 5.82 Å². The smallest absolute Gasteiger partial charge is 0.123 e. The Hall–Kier alpha value is -0.960. The number of halogens is 2. The summed E-state index contributed by atoms with van der Waals surface area (Å²) in [6, 6.07) is 8.36. The molecule has 66 valence electrons. The molecule has 0 N–H and O–H groups in total. The third kappa shape index (κ3) is 1.70. The summed E-state index contributed by atoms with van der Waals surface area (Å²) in [5, 5.41) is 1.56. The summed E-state index contributed by atoms with van der Waals surface area (Å²) in [5.74, 6) is -0.221. The van der Waals surface area contributed by atoms with E-state index in [1.807, 2.05) is 12.1 Å². The van der Waals surface area contributed by atoms with Gasteiger partial charge in [0.2, 0.25) is 0 Å². The highest BCUT2D eigenvalue weighted by molar-refractivity contribution is 9.08. The zero-order valence-electron chi connectivity index (χ0n) is 6.80. The molecule has 0 radical (unpaired) electrons. The Bertz CT molecular complexity index is 442. The predicted octanol–water partition coefficient (Wildman–Crippen LogP) is 3.27. The van der Waals surface area contributed by atoms with Crippen LogP contribution in [0, 0.1) is 5.82 Å². The number of alkyl halides is 1. The maximum Gasteiger partial charge on any atom is 0.123 e. The molecule has 0 aliphatic rings. The lowest BCUT2D eigenvalue weighted by atomic mass is 10.2. The fraction of sp³-hybridized carbons (Fsp3) is 0.100. The summed E-state index contributed by atoms with van der Waals surface area (Å²) >= 11 is 3.32. The van der Waals surface area contributed by atoms with E-state index in [-0.39, 0.29) is 5.82 Å². The van der Waals surface area contributed by atoms with Crippen molar-refractivity contribution in [2.75, 3.05) is 0 Å². The number of benzene rings is 1. The first-order valence-electron chi connectivity index (χ1n) is 3.91. The van der Waals surface area contributed by atoms with E-state index in [4.69, 9.17) is 0 Å². The second-order valence-corrected chi connectivity index (χ2v) is 3.33. The molecule has 1 nitrogen and oxygen atoms in total. The minimum atomic E-state index is -0.221. The number of hydrogen-bond acceptors (Lipinski definition) is 1. The van der Waals surface area contributed by atoms with E-state index >= 15 is 0 Å². The van der Waals surface area contributed by atoms with Gasteiger partial charge in [0.15, 0.2) is 0 Å². The Morgan fingerprint density at radius 2 is 2.08 bits per heavy atom. The van der Waals surface area contributed by atoms with Crippen molar-refractivity contribution in [3.05, 3.63) is 41.8 Å². The highest BCUT2D eigenvalue weighted by Gasteiger charge is 1.98. The molecule has 0 saturated heterocycles. The molecule has 1 aromatic carbocycles. The maximum absolute atomic E-state index is 12.8. The van der Waals surface area contributed by atoms with Gasteiger partial charge in [-0.1, -0.05) is 22.0 Å². The van der Waals surface area contributed by atoms with Crippen LogP contribution in [0.2, 0.25) is 0 Å². The Balaban J connectivity index is 2.66. The van der Waals surface area contributed by atoms with Gasteiger partial charge in [-0.05, 0) is 24.3 Å². The molecule has 0 spiro atoms. The van der Waals surface area contributed by atoms with Gasteiger partial charge >= 0.3 is 0 Å². The topological polar surface area (TPSA) is 12.9 Å². The first-order valence-corrected chi connectivity index (χ1v) is 5.03. The number of rotatable bonds is 1. The zero-order chi connectivity index (χ0) is 9.26. The van der Waals surface area contributed by atoms with Crippen LogP contribution < -0.4 is 0 Å². The summed E-state index contributed by atoms with van der Waals surface area (Å²) < 4.78 is 12.8. The van der Waals surface area contributed by atoms with E-state index < -0.39 is 0 Å². The van der Waals surface area contributed by atoms with Crippen LogP contribution in [0.3, 0.4) is 0 Å². The first-order chi connectivity index (χ1) is 6.29. The van der Waals surface area contributed by atoms with Crippen molar-refractivity contribution in [3.8, 4) is 0 Å². The predicted molar refractivity (Wildman–Crippen MR) is 54.3 cm³/mol. The van der Waals surface area contributed by atoms with Gasteiger partial charge in [-0.25, -0.2) is 4.39 Å². The number of aromatic nitrogens is 1. The second kappa shape index (κ2) is 3.42. The highest BCUT2D eigenvalue weighted by atomic mass is 79.9. The molecule has 0 aliphatic heterocycles. The van der Waals surface area contributed by atoms with Crippen LogP contribution in [-0.2, 0) is 5.33 Å². The third-order valence-corrected chi connectivity index (χ3v) is 2.42. The molecule has 1 heterocycles. The van der Waals surface area contributed by atoms with E-state index in [0.29, 0.717) is 0 Å². The van der Waals surface area contributed by atoms with E-state index in [1.54, 1.807) is 6.07 Å². The number of hydrogen-bond donors (Lipinski definition) is 0. The van der Waals surface area contributed by atoms with Crippen LogP contribution in [0.25, 0.3) is 10.9 Å². The first kappa shape index (κ1) is 8.63. The van der Waals surface area contributed by atoms with Crippen molar-refractivity contribution >= 4 is 26.8 Å². The molecule has 0 saturated carbocycles. The molecule has 0 unspecified atom stereocenters. The minimum Gasteiger partial charge on any atom is -0.252 e. The molecule has 0 amide bonds. The average Bonchev–Trinajstić information content (AvgIpc) is 2.17. The molecule has 1 aromatic heterocycles. The number of fused-ring (bicyclic) bond motifs is 1. The Morgan fingerprint density at radius 1 is 1.23 bits per heavy atom. The second-order valence-electron chi connectivity index (χ2n) is 2.77. The van der Waals surface area contributed by atoms with Crippen LogP contribution in [-0.4, -0.2) is 4.98 Å². The van der Waals surface area contributed by atoms with E-state index in [1.165, 1.54) is 12.1 Å². The zero-order valence-corrected chi connectivity index (χ0v) is 8.38. The SMILES string of the molecule is Fc1ccc2nc(CBr)ccc2c1. The molecular formula is C10H7BrFN. The van der Waals surface area contributed by atoms with Crippen LogP contribution in [0.1, 0.15) is 5.69 Å². The fourth-order valence-corrected chi connectivity index (χ4v) is 1.53. The Kier molecular flexibility index (Phi) is 2.27. The Morgan fingerprint density at radius 3 is 2.85 bits per heavy atom. The van der Waals surface area contributed by atoms with Crippen LogP contribution in [0.5, 0.6) is 0 Å².